The van der Waals surface area contributed by atoms with Crippen LogP contribution in [-0.4, -0.2) is 17.0 Å². The maximum Gasteiger partial charge on any atom is 0.371 e. The van der Waals surface area contributed by atoms with Crippen molar-refractivity contribution >= 4 is 45.1 Å². The van der Waals surface area contributed by atoms with E-state index in [9.17, 15) is 9.59 Å². The molecule has 0 spiro atoms. The van der Waals surface area contributed by atoms with Crippen molar-refractivity contribution in [2.24, 2.45) is 0 Å². The molecule has 0 atom stereocenters. The minimum Gasteiger partial charge on any atom is -0.475 e. The molecule has 1 amide bonds. The van der Waals surface area contributed by atoms with Crippen molar-refractivity contribution in [3.05, 3.63) is 51.3 Å². The molecule has 7 heteroatoms. The molecule has 1 aromatic carbocycles. The predicted molar refractivity (Wildman–Crippen MR) is 72.8 cm³/mol. The summed E-state index contributed by atoms with van der Waals surface area (Å²) < 4.78 is 5.50. The molecule has 2 aromatic rings. The Morgan fingerprint density at radius 3 is 2.47 bits per heavy atom. The summed E-state index contributed by atoms with van der Waals surface area (Å²) in [5.74, 6) is -2.15. The minimum absolute atomic E-state index is 0.0840. The van der Waals surface area contributed by atoms with Gasteiger partial charge in [0, 0.05) is 9.50 Å². The lowest BCUT2D eigenvalue weighted by Gasteiger charge is -2.05. The molecule has 2 N–H and O–H groups in total. The number of carbonyl (C=O) groups is 2. The maximum absolute atomic E-state index is 11.8. The molecule has 0 aliphatic rings. The van der Waals surface area contributed by atoms with Gasteiger partial charge < -0.3 is 14.8 Å². The number of aromatic carboxylic acids is 1. The number of furan rings is 1. The van der Waals surface area contributed by atoms with Crippen molar-refractivity contribution in [3.8, 4) is 0 Å². The van der Waals surface area contributed by atoms with Gasteiger partial charge in [-0.05, 0) is 46.3 Å². The van der Waals surface area contributed by atoms with Gasteiger partial charge in [-0.1, -0.05) is 11.6 Å². The second-order valence-electron chi connectivity index (χ2n) is 3.55. The van der Waals surface area contributed by atoms with Crippen LogP contribution in [0.5, 0.6) is 0 Å². The fraction of sp³-hybridized carbons (Fsp3) is 0. The zero-order valence-electron chi connectivity index (χ0n) is 9.31. The standard InChI is InChI=1S/C12H7BrClNO4/c13-7-5-6(14)1-2-8(7)15-11(16)9-3-4-10(19-9)12(17)18/h1-5H,(H,15,16)(H,17,18). The Morgan fingerprint density at radius 2 is 1.89 bits per heavy atom. The Kier molecular flexibility index (Phi) is 3.92. The number of benzene rings is 1. The number of carboxylic acids is 1. The number of rotatable bonds is 3. The van der Waals surface area contributed by atoms with E-state index in [1.165, 1.54) is 12.1 Å². The third-order valence-corrected chi connectivity index (χ3v) is 3.11. The lowest BCUT2D eigenvalue weighted by molar-refractivity contribution is 0.0660. The van der Waals surface area contributed by atoms with E-state index in [4.69, 9.17) is 21.1 Å². The van der Waals surface area contributed by atoms with E-state index in [-0.39, 0.29) is 11.5 Å². The lowest BCUT2D eigenvalue weighted by Crippen LogP contribution is -2.11. The summed E-state index contributed by atoms with van der Waals surface area (Å²) in [6.07, 6.45) is 0. The summed E-state index contributed by atoms with van der Waals surface area (Å²) in [6.45, 7) is 0. The van der Waals surface area contributed by atoms with Crippen LogP contribution >= 0.6 is 27.5 Å². The molecule has 0 radical (unpaired) electrons. The summed E-state index contributed by atoms with van der Waals surface area (Å²) in [7, 11) is 0. The fourth-order valence-electron chi connectivity index (χ4n) is 1.35. The molecular weight excluding hydrogens is 337 g/mol. The van der Waals surface area contributed by atoms with Crippen LogP contribution in [0.3, 0.4) is 0 Å². The highest BCUT2D eigenvalue weighted by molar-refractivity contribution is 9.10. The first-order chi connectivity index (χ1) is 8.97. The highest BCUT2D eigenvalue weighted by Crippen LogP contribution is 2.26. The molecule has 0 aliphatic heterocycles. The van der Waals surface area contributed by atoms with E-state index in [0.29, 0.717) is 15.2 Å². The van der Waals surface area contributed by atoms with Gasteiger partial charge in [-0.15, -0.1) is 0 Å². The number of carboxylic acid groups (broad SMARTS) is 1. The number of carbonyl (C=O) groups excluding carboxylic acids is 1. The van der Waals surface area contributed by atoms with Gasteiger partial charge in [0.1, 0.15) is 0 Å². The lowest BCUT2D eigenvalue weighted by atomic mass is 10.3. The van der Waals surface area contributed by atoms with Gasteiger partial charge in [0.2, 0.25) is 5.76 Å². The number of halogens is 2. The van der Waals surface area contributed by atoms with Gasteiger partial charge in [0.05, 0.1) is 5.69 Å². The highest BCUT2D eigenvalue weighted by Gasteiger charge is 2.15. The molecule has 0 bridgehead atoms. The summed E-state index contributed by atoms with van der Waals surface area (Å²) in [5.41, 5.74) is 0.502. The van der Waals surface area contributed by atoms with Crippen molar-refractivity contribution in [2.75, 3.05) is 5.32 Å². The smallest absolute Gasteiger partial charge is 0.371 e. The van der Waals surface area contributed by atoms with Crippen LogP contribution in [0.4, 0.5) is 5.69 Å². The van der Waals surface area contributed by atoms with E-state index < -0.39 is 11.9 Å². The quantitative estimate of drug-likeness (QED) is 0.891. The zero-order valence-corrected chi connectivity index (χ0v) is 11.7. The molecule has 0 fully saturated rings. The first kappa shape index (κ1) is 13.6. The van der Waals surface area contributed by atoms with E-state index >= 15 is 0 Å². The molecule has 1 aromatic heterocycles. The Hall–Kier alpha value is -1.79. The van der Waals surface area contributed by atoms with Crippen LogP contribution in [-0.2, 0) is 0 Å². The molecular formula is C12H7BrClNO4. The van der Waals surface area contributed by atoms with Crippen molar-refractivity contribution < 1.29 is 19.1 Å². The van der Waals surface area contributed by atoms with E-state index in [1.807, 2.05) is 0 Å². The van der Waals surface area contributed by atoms with E-state index in [0.717, 1.165) is 0 Å². The largest absolute Gasteiger partial charge is 0.475 e. The van der Waals surface area contributed by atoms with Gasteiger partial charge in [0.15, 0.2) is 5.76 Å². The van der Waals surface area contributed by atoms with Crippen LogP contribution in [0.2, 0.25) is 5.02 Å². The molecule has 0 unspecified atom stereocenters. The van der Waals surface area contributed by atoms with Crippen LogP contribution in [0, 0.1) is 0 Å². The number of hydrogen-bond acceptors (Lipinski definition) is 3. The van der Waals surface area contributed by atoms with Gasteiger partial charge in [-0.25, -0.2) is 4.79 Å². The van der Waals surface area contributed by atoms with Crippen molar-refractivity contribution in [3.63, 3.8) is 0 Å². The number of nitrogens with one attached hydrogen (secondary N) is 1. The highest BCUT2D eigenvalue weighted by atomic mass is 79.9. The maximum atomic E-state index is 11.8. The van der Waals surface area contributed by atoms with Crippen LogP contribution in [0.25, 0.3) is 0 Å². The minimum atomic E-state index is -1.23. The average Bonchev–Trinajstić information content (AvgIpc) is 2.82. The monoisotopic (exact) mass is 343 g/mol. The fourth-order valence-corrected chi connectivity index (χ4v) is 2.13. The van der Waals surface area contributed by atoms with Gasteiger partial charge in [0.25, 0.3) is 5.91 Å². The van der Waals surface area contributed by atoms with Crippen molar-refractivity contribution in [1.29, 1.82) is 0 Å². The van der Waals surface area contributed by atoms with Gasteiger partial charge >= 0.3 is 5.97 Å². The van der Waals surface area contributed by atoms with Gasteiger partial charge in [-0.2, -0.15) is 0 Å². The molecule has 19 heavy (non-hydrogen) atoms. The molecule has 5 nitrogen and oxygen atoms in total. The van der Waals surface area contributed by atoms with Gasteiger partial charge in [-0.3, -0.25) is 4.79 Å². The third kappa shape index (κ3) is 3.15. The summed E-state index contributed by atoms with van der Waals surface area (Å²) in [4.78, 5) is 22.5. The Morgan fingerprint density at radius 1 is 1.21 bits per heavy atom. The Bertz CT molecular complexity index is 653. The molecule has 98 valence electrons. The van der Waals surface area contributed by atoms with Crippen molar-refractivity contribution in [2.45, 2.75) is 0 Å². The van der Waals surface area contributed by atoms with Crippen LogP contribution in [0.15, 0.2) is 39.2 Å². The Labute approximate surface area is 121 Å². The normalized spacial score (nSPS) is 10.2. The van der Waals surface area contributed by atoms with E-state index in [1.54, 1.807) is 18.2 Å². The van der Waals surface area contributed by atoms with Crippen molar-refractivity contribution in [1.82, 2.24) is 0 Å². The topological polar surface area (TPSA) is 79.5 Å². The number of hydrogen-bond donors (Lipinski definition) is 2. The van der Waals surface area contributed by atoms with Crippen LogP contribution in [0.1, 0.15) is 21.1 Å². The zero-order chi connectivity index (χ0) is 14.0. The number of anilines is 1. The third-order valence-electron chi connectivity index (χ3n) is 2.22. The first-order valence-corrected chi connectivity index (χ1v) is 6.24. The Balaban J connectivity index is 2.18. The first-order valence-electron chi connectivity index (χ1n) is 5.07. The molecule has 0 aliphatic carbocycles. The predicted octanol–water partition coefficient (Wildman–Crippen LogP) is 3.65. The number of amides is 1. The summed E-state index contributed by atoms with van der Waals surface area (Å²) in [5, 5.41) is 11.8. The molecule has 0 saturated carbocycles. The molecule has 1 heterocycles. The second-order valence-corrected chi connectivity index (χ2v) is 4.84. The average molecular weight is 345 g/mol. The summed E-state index contributed by atoms with van der Waals surface area (Å²) >= 11 is 9.03. The van der Waals surface area contributed by atoms with Crippen LogP contribution < -0.4 is 5.32 Å². The van der Waals surface area contributed by atoms with E-state index in [2.05, 4.69) is 21.2 Å². The SMILES string of the molecule is O=C(O)c1ccc(C(=O)Nc2ccc(Cl)cc2Br)o1. The molecule has 0 saturated heterocycles. The second kappa shape index (κ2) is 5.46. The summed E-state index contributed by atoms with van der Waals surface area (Å²) in [6, 6.07) is 7.37. The molecule has 2 rings (SSSR count).